The molecule has 150 valence electrons. The Morgan fingerprint density at radius 3 is 2.62 bits per heavy atom. The fourth-order valence-corrected chi connectivity index (χ4v) is 4.35. The minimum absolute atomic E-state index is 0.111. The third-order valence-electron chi connectivity index (χ3n) is 5.29. The maximum absolute atomic E-state index is 13.1. The van der Waals surface area contributed by atoms with Gasteiger partial charge in [-0.05, 0) is 55.2 Å². The molecule has 0 spiro atoms. The van der Waals surface area contributed by atoms with E-state index < -0.39 is 0 Å². The number of fused-ring (bicyclic) bond motifs is 1. The molecule has 0 fully saturated rings. The van der Waals surface area contributed by atoms with E-state index in [1.165, 1.54) is 0 Å². The number of benzene rings is 2. The second-order valence-corrected chi connectivity index (χ2v) is 8.23. The molecule has 2 heterocycles. The highest BCUT2D eigenvalue weighted by molar-refractivity contribution is 6.42. The molecule has 2 N–H and O–H groups in total. The molecule has 4 rings (SSSR count). The van der Waals surface area contributed by atoms with E-state index in [2.05, 4.69) is 10.2 Å². The van der Waals surface area contributed by atoms with Crippen molar-refractivity contribution in [1.82, 2.24) is 15.1 Å². The number of phenols is 1. The van der Waals surface area contributed by atoms with Crippen LogP contribution in [0.5, 0.6) is 5.75 Å². The molecule has 0 aliphatic carbocycles. The fourth-order valence-electron chi connectivity index (χ4n) is 4.04. The summed E-state index contributed by atoms with van der Waals surface area (Å²) in [6.07, 6.45) is 0.811. The molecule has 1 aliphatic heterocycles. The number of halogens is 2. The van der Waals surface area contributed by atoms with Crippen molar-refractivity contribution in [2.24, 2.45) is 0 Å². The summed E-state index contributed by atoms with van der Waals surface area (Å²) < 4.78 is 0. The number of nitrogens with zero attached hydrogens (tertiary/aromatic N) is 2. The van der Waals surface area contributed by atoms with Crippen LogP contribution in [0, 0.1) is 13.8 Å². The van der Waals surface area contributed by atoms with Crippen molar-refractivity contribution in [2.75, 3.05) is 6.54 Å². The number of H-pyrrole nitrogens is 1. The summed E-state index contributed by atoms with van der Waals surface area (Å²) in [4.78, 5) is 14.9. The molecule has 7 heteroatoms. The Kier molecular flexibility index (Phi) is 5.05. The fraction of sp³-hybridized carbons (Fsp3) is 0.273. The molecule has 0 saturated heterocycles. The Morgan fingerprint density at radius 2 is 1.93 bits per heavy atom. The van der Waals surface area contributed by atoms with Crippen molar-refractivity contribution in [2.45, 2.75) is 33.2 Å². The highest BCUT2D eigenvalue weighted by atomic mass is 35.5. The Balaban J connectivity index is 1.95. The summed E-state index contributed by atoms with van der Waals surface area (Å²) >= 11 is 12.4. The van der Waals surface area contributed by atoms with Crippen molar-refractivity contribution < 1.29 is 9.90 Å². The summed E-state index contributed by atoms with van der Waals surface area (Å²) in [6.45, 7) is 6.43. The number of amides is 1. The topological polar surface area (TPSA) is 69.2 Å². The maximum Gasteiger partial charge on any atom is 0.273 e. The lowest BCUT2D eigenvalue weighted by Gasteiger charge is -2.26. The number of rotatable bonds is 4. The molecule has 1 aromatic heterocycles. The zero-order valence-corrected chi connectivity index (χ0v) is 17.9. The maximum atomic E-state index is 13.1. The number of carbonyl (C=O) groups is 1. The molecule has 0 bridgehead atoms. The van der Waals surface area contributed by atoms with E-state index in [1.807, 2.05) is 43.9 Å². The van der Waals surface area contributed by atoms with Gasteiger partial charge in [0.1, 0.15) is 17.1 Å². The number of hydrogen-bond donors (Lipinski definition) is 2. The average Bonchev–Trinajstić information content (AvgIpc) is 3.21. The average molecular weight is 430 g/mol. The number of aromatic hydroxyl groups is 1. The van der Waals surface area contributed by atoms with Gasteiger partial charge in [0.2, 0.25) is 0 Å². The lowest BCUT2D eigenvalue weighted by atomic mass is 9.94. The van der Waals surface area contributed by atoms with Crippen LogP contribution in [-0.4, -0.2) is 32.7 Å². The van der Waals surface area contributed by atoms with Gasteiger partial charge in [-0.1, -0.05) is 42.3 Å². The number of aromatic nitrogens is 2. The van der Waals surface area contributed by atoms with Crippen molar-refractivity contribution >= 4 is 29.1 Å². The van der Waals surface area contributed by atoms with Crippen molar-refractivity contribution in [1.29, 1.82) is 0 Å². The van der Waals surface area contributed by atoms with Crippen LogP contribution in [0.2, 0.25) is 10.0 Å². The van der Waals surface area contributed by atoms with Crippen LogP contribution in [0.3, 0.4) is 0 Å². The lowest BCUT2D eigenvalue weighted by molar-refractivity contribution is 0.0744. The Labute approximate surface area is 179 Å². The van der Waals surface area contributed by atoms with Gasteiger partial charge in [-0.15, -0.1) is 0 Å². The Morgan fingerprint density at radius 1 is 1.17 bits per heavy atom. The van der Waals surface area contributed by atoms with E-state index in [4.69, 9.17) is 23.2 Å². The minimum Gasteiger partial charge on any atom is -0.507 e. The molecule has 3 aromatic rings. The quantitative estimate of drug-likeness (QED) is 0.561. The molecule has 0 radical (unpaired) electrons. The third-order valence-corrected chi connectivity index (χ3v) is 6.03. The standard InChI is InChI=1S/C22H21Cl2N3O2/c1-4-7-27-20(13-5-6-15(23)16(24)10-13)17-18(25-26-19(17)22(27)29)14-9-11(2)8-12(3)21(14)28/h5-6,8-10,20,28H,4,7H2,1-3H3,(H,25,26). The number of aryl methyl sites for hydroxylation is 2. The van der Waals surface area contributed by atoms with E-state index in [-0.39, 0.29) is 17.7 Å². The van der Waals surface area contributed by atoms with Crippen LogP contribution in [-0.2, 0) is 0 Å². The van der Waals surface area contributed by atoms with Gasteiger partial charge in [0, 0.05) is 17.7 Å². The molecule has 0 saturated carbocycles. The zero-order chi connectivity index (χ0) is 20.9. The van der Waals surface area contributed by atoms with Gasteiger partial charge in [-0.2, -0.15) is 5.10 Å². The first-order valence-electron chi connectivity index (χ1n) is 9.48. The van der Waals surface area contributed by atoms with E-state index in [9.17, 15) is 9.90 Å². The largest absolute Gasteiger partial charge is 0.507 e. The summed E-state index contributed by atoms with van der Waals surface area (Å²) in [5.41, 5.74) is 5.01. The molecule has 1 atom stereocenters. The number of hydrogen-bond acceptors (Lipinski definition) is 3. The van der Waals surface area contributed by atoms with Gasteiger partial charge in [0.15, 0.2) is 0 Å². The third kappa shape index (κ3) is 3.18. The highest BCUT2D eigenvalue weighted by Gasteiger charge is 2.42. The molecular weight excluding hydrogens is 409 g/mol. The van der Waals surface area contributed by atoms with Crippen LogP contribution >= 0.6 is 23.2 Å². The molecule has 1 unspecified atom stereocenters. The Hall–Kier alpha value is -2.50. The van der Waals surface area contributed by atoms with E-state index in [0.717, 1.165) is 28.7 Å². The van der Waals surface area contributed by atoms with Crippen molar-refractivity contribution in [3.05, 3.63) is 68.3 Å². The van der Waals surface area contributed by atoms with Gasteiger partial charge in [0.05, 0.1) is 16.1 Å². The van der Waals surface area contributed by atoms with Gasteiger partial charge in [0.25, 0.3) is 5.91 Å². The first kappa shape index (κ1) is 19.8. The van der Waals surface area contributed by atoms with E-state index in [1.54, 1.807) is 12.1 Å². The number of aromatic amines is 1. The zero-order valence-electron chi connectivity index (χ0n) is 16.4. The first-order valence-corrected chi connectivity index (χ1v) is 10.2. The van der Waals surface area contributed by atoms with Gasteiger partial charge in [-0.25, -0.2) is 0 Å². The smallest absolute Gasteiger partial charge is 0.273 e. The molecule has 2 aromatic carbocycles. The van der Waals surface area contributed by atoms with Crippen LogP contribution in [0.1, 0.15) is 52.1 Å². The van der Waals surface area contributed by atoms with Crippen LogP contribution in [0.4, 0.5) is 0 Å². The van der Waals surface area contributed by atoms with Crippen LogP contribution in [0.25, 0.3) is 11.3 Å². The van der Waals surface area contributed by atoms with Gasteiger partial charge >= 0.3 is 0 Å². The summed E-state index contributed by atoms with van der Waals surface area (Å²) in [5.74, 6) is 0.0553. The monoisotopic (exact) mass is 429 g/mol. The van der Waals surface area contributed by atoms with E-state index in [0.29, 0.717) is 33.5 Å². The van der Waals surface area contributed by atoms with Gasteiger partial charge < -0.3 is 10.0 Å². The van der Waals surface area contributed by atoms with Crippen LogP contribution in [0.15, 0.2) is 30.3 Å². The predicted molar refractivity (Wildman–Crippen MR) is 115 cm³/mol. The second kappa shape index (κ2) is 7.39. The number of carbonyl (C=O) groups excluding carboxylic acids is 1. The summed E-state index contributed by atoms with van der Waals surface area (Å²) in [5, 5.41) is 18.9. The molecular formula is C22H21Cl2N3O2. The van der Waals surface area contributed by atoms with Crippen LogP contribution < -0.4 is 0 Å². The predicted octanol–water partition coefficient (Wildman–Crippen LogP) is 5.66. The minimum atomic E-state index is -0.360. The second-order valence-electron chi connectivity index (χ2n) is 7.41. The summed E-state index contributed by atoms with van der Waals surface area (Å²) in [6, 6.07) is 8.84. The van der Waals surface area contributed by atoms with Crippen molar-refractivity contribution in [3.8, 4) is 17.0 Å². The number of nitrogens with one attached hydrogen (secondary N) is 1. The number of phenolic OH excluding ortho intramolecular Hbond substituents is 1. The van der Waals surface area contributed by atoms with E-state index >= 15 is 0 Å². The lowest BCUT2D eigenvalue weighted by Crippen LogP contribution is -2.30. The van der Waals surface area contributed by atoms with Gasteiger partial charge in [-0.3, -0.25) is 9.89 Å². The first-order chi connectivity index (χ1) is 13.8. The SMILES string of the molecule is CCCN1C(=O)c2[nH]nc(-c3cc(C)cc(C)c3O)c2C1c1ccc(Cl)c(Cl)c1. The molecule has 5 nitrogen and oxygen atoms in total. The normalized spacial score (nSPS) is 15.8. The molecule has 1 aliphatic rings. The summed E-state index contributed by atoms with van der Waals surface area (Å²) in [7, 11) is 0. The van der Waals surface area contributed by atoms with Crippen molar-refractivity contribution in [3.63, 3.8) is 0 Å². The Bertz CT molecular complexity index is 1120. The highest BCUT2D eigenvalue weighted by Crippen LogP contribution is 2.46. The molecule has 29 heavy (non-hydrogen) atoms. The molecule has 1 amide bonds.